The molecule has 1 aromatic rings. The molecular weight excluding hydrogens is 146 g/mol. The molecule has 53 valence electrons. The standard InChI is InChI=1S/C8H9ClN/c1-2-10-8-5-3-7(9)4-6-8/h3-5,10H,2H2,1H3. The molecular formula is C8H9ClN. The average Bonchev–Trinajstić information content (AvgIpc) is 1.95. The first kappa shape index (κ1) is 7.42. The van der Waals surface area contributed by atoms with Crippen molar-refractivity contribution in [3.05, 3.63) is 29.3 Å². The maximum absolute atomic E-state index is 5.65. The van der Waals surface area contributed by atoms with Crippen LogP contribution in [0, 0.1) is 6.07 Å². The smallest absolute Gasteiger partial charge is 0.0421 e. The molecule has 0 unspecified atom stereocenters. The maximum atomic E-state index is 5.65. The van der Waals surface area contributed by atoms with Gasteiger partial charge in [-0.1, -0.05) is 11.6 Å². The van der Waals surface area contributed by atoms with Crippen molar-refractivity contribution in [3.63, 3.8) is 0 Å². The number of halogens is 1. The highest BCUT2D eigenvalue weighted by Crippen LogP contribution is 2.11. The molecule has 0 aliphatic rings. The molecule has 0 saturated carbocycles. The first-order chi connectivity index (χ1) is 4.83. The van der Waals surface area contributed by atoms with Gasteiger partial charge >= 0.3 is 0 Å². The highest BCUT2D eigenvalue weighted by molar-refractivity contribution is 6.30. The third-order valence-corrected chi connectivity index (χ3v) is 1.38. The Kier molecular flexibility index (Phi) is 2.57. The van der Waals surface area contributed by atoms with Crippen LogP contribution in [0.1, 0.15) is 6.92 Å². The van der Waals surface area contributed by atoms with Gasteiger partial charge in [-0.15, -0.1) is 0 Å². The summed E-state index contributed by atoms with van der Waals surface area (Å²) in [5.74, 6) is 0. The second kappa shape index (κ2) is 3.47. The van der Waals surface area contributed by atoms with Crippen LogP contribution in [0.4, 0.5) is 5.69 Å². The SMILES string of the molecule is CCNc1[c]cc(Cl)cc1. The van der Waals surface area contributed by atoms with Crippen LogP contribution in [0.2, 0.25) is 5.02 Å². The highest BCUT2D eigenvalue weighted by atomic mass is 35.5. The van der Waals surface area contributed by atoms with Crippen LogP contribution in [-0.2, 0) is 0 Å². The van der Waals surface area contributed by atoms with E-state index in [1.165, 1.54) is 0 Å². The topological polar surface area (TPSA) is 12.0 Å². The summed E-state index contributed by atoms with van der Waals surface area (Å²) in [6.07, 6.45) is 0. The van der Waals surface area contributed by atoms with Gasteiger partial charge in [0.1, 0.15) is 0 Å². The second-order valence-electron chi connectivity index (χ2n) is 1.95. The Balaban J connectivity index is 2.69. The van der Waals surface area contributed by atoms with Gasteiger partial charge in [0.2, 0.25) is 0 Å². The van der Waals surface area contributed by atoms with Crippen LogP contribution in [0.25, 0.3) is 0 Å². The van der Waals surface area contributed by atoms with E-state index in [0.29, 0.717) is 0 Å². The number of hydrogen-bond donors (Lipinski definition) is 1. The molecule has 0 aliphatic heterocycles. The summed E-state index contributed by atoms with van der Waals surface area (Å²) < 4.78 is 0. The highest BCUT2D eigenvalue weighted by Gasteiger charge is 1.88. The number of benzene rings is 1. The predicted molar refractivity (Wildman–Crippen MR) is 44.5 cm³/mol. The first-order valence-corrected chi connectivity index (χ1v) is 3.62. The zero-order chi connectivity index (χ0) is 7.40. The Morgan fingerprint density at radius 2 is 2.40 bits per heavy atom. The molecule has 0 amide bonds. The minimum absolute atomic E-state index is 0.724. The molecule has 2 heteroatoms. The van der Waals surface area contributed by atoms with E-state index in [4.69, 9.17) is 11.6 Å². The van der Waals surface area contributed by atoms with Gasteiger partial charge in [0, 0.05) is 23.3 Å². The summed E-state index contributed by atoms with van der Waals surface area (Å²) >= 11 is 5.65. The quantitative estimate of drug-likeness (QED) is 0.691. The molecule has 0 fully saturated rings. The second-order valence-corrected chi connectivity index (χ2v) is 2.39. The Labute approximate surface area is 66.0 Å². The average molecular weight is 155 g/mol. The lowest BCUT2D eigenvalue weighted by molar-refractivity contribution is 1.21. The monoisotopic (exact) mass is 154 g/mol. The minimum atomic E-state index is 0.724. The van der Waals surface area contributed by atoms with Crippen molar-refractivity contribution < 1.29 is 0 Å². The van der Waals surface area contributed by atoms with Crippen molar-refractivity contribution >= 4 is 17.3 Å². The number of rotatable bonds is 2. The molecule has 0 atom stereocenters. The summed E-state index contributed by atoms with van der Waals surface area (Å²) in [4.78, 5) is 0. The fraction of sp³-hybridized carbons (Fsp3) is 0.250. The van der Waals surface area contributed by atoms with E-state index < -0.39 is 0 Å². The van der Waals surface area contributed by atoms with E-state index in [-0.39, 0.29) is 0 Å². The molecule has 0 saturated heterocycles. The van der Waals surface area contributed by atoms with Gasteiger partial charge in [-0.3, -0.25) is 0 Å². The Morgan fingerprint density at radius 3 is 2.90 bits per heavy atom. The Hall–Kier alpha value is -0.690. The third-order valence-electron chi connectivity index (χ3n) is 1.14. The van der Waals surface area contributed by atoms with E-state index >= 15 is 0 Å². The Bertz CT molecular complexity index is 193. The summed E-state index contributed by atoms with van der Waals surface area (Å²) in [5.41, 5.74) is 0.993. The Morgan fingerprint density at radius 1 is 1.60 bits per heavy atom. The lowest BCUT2D eigenvalue weighted by Crippen LogP contribution is -1.95. The van der Waals surface area contributed by atoms with Crippen molar-refractivity contribution in [1.82, 2.24) is 0 Å². The van der Waals surface area contributed by atoms with Gasteiger partial charge in [-0.25, -0.2) is 0 Å². The van der Waals surface area contributed by atoms with E-state index in [1.54, 1.807) is 6.07 Å². The fourth-order valence-electron chi connectivity index (χ4n) is 0.706. The summed E-state index contributed by atoms with van der Waals surface area (Å²) in [5, 5.41) is 3.84. The number of anilines is 1. The molecule has 1 rings (SSSR count). The summed E-state index contributed by atoms with van der Waals surface area (Å²) in [6, 6.07) is 8.50. The molecule has 0 aromatic heterocycles. The number of hydrogen-bond acceptors (Lipinski definition) is 1. The molecule has 1 nitrogen and oxygen atoms in total. The van der Waals surface area contributed by atoms with E-state index in [1.807, 2.05) is 19.1 Å². The summed E-state index contributed by atoms with van der Waals surface area (Å²) in [7, 11) is 0. The molecule has 1 N–H and O–H groups in total. The molecule has 1 aromatic carbocycles. The van der Waals surface area contributed by atoms with Crippen LogP contribution in [-0.4, -0.2) is 6.54 Å². The van der Waals surface area contributed by atoms with Crippen LogP contribution in [0.3, 0.4) is 0 Å². The predicted octanol–water partition coefficient (Wildman–Crippen LogP) is 2.57. The summed E-state index contributed by atoms with van der Waals surface area (Å²) in [6.45, 7) is 2.96. The molecule has 0 aliphatic carbocycles. The van der Waals surface area contributed by atoms with Crippen molar-refractivity contribution in [2.24, 2.45) is 0 Å². The molecule has 0 heterocycles. The normalized spacial score (nSPS) is 9.40. The lowest BCUT2D eigenvalue weighted by atomic mass is 10.3. The van der Waals surface area contributed by atoms with Gasteiger partial charge in [0.15, 0.2) is 0 Å². The van der Waals surface area contributed by atoms with Gasteiger partial charge in [0.25, 0.3) is 0 Å². The van der Waals surface area contributed by atoms with Crippen molar-refractivity contribution in [3.8, 4) is 0 Å². The van der Waals surface area contributed by atoms with E-state index in [2.05, 4.69) is 11.4 Å². The zero-order valence-electron chi connectivity index (χ0n) is 5.82. The van der Waals surface area contributed by atoms with E-state index in [9.17, 15) is 0 Å². The van der Waals surface area contributed by atoms with Crippen LogP contribution >= 0.6 is 11.6 Å². The van der Waals surface area contributed by atoms with Gasteiger partial charge in [-0.05, 0) is 25.1 Å². The maximum Gasteiger partial charge on any atom is 0.0421 e. The van der Waals surface area contributed by atoms with Crippen molar-refractivity contribution in [2.45, 2.75) is 6.92 Å². The lowest BCUT2D eigenvalue weighted by Gasteiger charge is -2.00. The van der Waals surface area contributed by atoms with Gasteiger partial charge < -0.3 is 5.32 Å². The van der Waals surface area contributed by atoms with E-state index in [0.717, 1.165) is 17.3 Å². The number of nitrogens with one attached hydrogen (secondary N) is 1. The molecule has 0 spiro atoms. The zero-order valence-corrected chi connectivity index (χ0v) is 6.57. The van der Waals surface area contributed by atoms with Crippen LogP contribution in [0.15, 0.2) is 18.2 Å². The van der Waals surface area contributed by atoms with Crippen LogP contribution < -0.4 is 5.32 Å². The van der Waals surface area contributed by atoms with Crippen molar-refractivity contribution in [2.75, 3.05) is 11.9 Å². The largest absolute Gasteiger partial charge is 0.385 e. The molecule has 1 radical (unpaired) electrons. The van der Waals surface area contributed by atoms with Crippen molar-refractivity contribution in [1.29, 1.82) is 0 Å². The molecule has 0 bridgehead atoms. The minimum Gasteiger partial charge on any atom is -0.385 e. The van der Waals surface area contributed by atoms with Gasteiger partial charge in [-0.2, -0.15) is 0 Å². The third kappa shape index (κ3) is 1.92. The van der Waals surface area contributed by atoms with Gasteiger partial charge in [0.05, 0.1) is 0 Å². The van der Waals surface area contributed by atoms with Crippen LogP contribution in [0.5, 0.6) is 0 Å². The fourth-order valence-corrected chi connectivity index (χ4v) is 0.824. The molecule has 10 heavy (non-hydrogen) atoms. The first-order valence-electron chi connectivity index (χ1n) is 3.24.